The summed E-state index contributed by atoms with van der Waals surface area (Å²) in [6.45, 7) is 3.85. The Bertz CT molecular complexity index is 508. The summed E-state index contributed by atoms with van der Waals surface area (Å²) in [6, 6.07) is 4.15. The minimum Gasteiger partial charge on any atom is -0.387 e. The van der Waals surface area contributed by atoms with E-state index in [2.05, 4.69) is 12.2 Å². The van der Waals surface area contributed by atoms with Crippen LogP contribution in [0.25, 0.3) is 0 Å². The molecule has 4 atom stereocenters. The molecule has 2 fully saturated rings. The fraction of sp³-hybridized carbons (Fsp3) is 0.706. The molecule has 4 unspecified atom stereocenters. The average Bonchev–Trinajstić information content (AvgIpc) is 3.04. The molecule has 0 aromatic carbocycles. The summed E-state index contributed by atoms with van der Waals surface area (Å²) in [7, 11) is 0. The highest BCUT2D eigenvalue weighted by Crippen LogP contribution is 2.35. The zero-order valence-corrected chi connectivity index (χ0v) is 14.4. The maximum atomic E-state index is 12.6. The molecular formula is C17H26N2O3S. The normalized spacial score (nSPS) is 28.4. The van der Waals surface area contributed by atoms with Gasteiger partial charge in [0.15, 0.2) is 0 Å². The molecule has 1 saturated carbocycles. The van der Waals surface area contributed by atoms with Gasteiger partial charge in [-0.25, -0.2) is 4.79 Å². The lowest BCUT2D eigenvalue weighted by Gasteiger charge is -2.36. The number of rotatable bonds is 6. The number of carbonyl (C=O) groups is 1. The lowest BCUT2D eigenvalue weighted by atomic mass is 10.1. The molecule has 2 N–H and O–H groups in total. The first-order valence-electron chi connectivity index (χ1n) is 8.55. The number of aliphatic hydroxyl groups excluding tert-OH is 1. The number of amides is 2. The van der Waals surface area contributed by atoms with E-state index in [4.69, 9.17) is 4.74 Å². The molecule has 2 aliphatic rings. The SMILES string of the molecule is CCCC1CC1NC(=O)N1CCOCC1CC(O)c1cccs1. The van der Waals surface area contributed by atoms with Gasteiger partial charge in [-0.15, -0.1) is 11.3 Å². The molecule has 1 saturated heterocycles. The quantitative estimate of drug-likeness (QED) is 0.838. The highest BCUT2D eigenvalue weighted by atomic mass is 32.1. The number of urea groups is 1. The van der Waals surface area contributed by atoms with Gasteiger partial charge in [0.1, 0.15) is 0 Å². The Morgan fingerprint density at radius 2 is 2.48 bits per heavy atom. The molecule has 0 radical (unpaired) electrons. The molecule has 1 aromatic rings. The van der Waals surface area contributed by atoms with Gasteiger partial charge in [0.2, 0.25) is 0 Å². The van der Waals surface area contributed by atoms with E-state index in [0.29, 0.717) is 38.1 Å². The van der Waals surface area contributed by atoms with Gasteiger partial charge in [-0.2, -0.15) is 0 Å². The van der Waals surface area contributed by atoms with E-state index in [1.165, 1.54) is 12.8 Å². The number of thiophene rings is 1. The predicted molar refractivity (Wildman–Crippen MR) is 90.5 cm³/mol. The third kappa shape index (κ3) is 4.25. The summed E-state index contributed by atoms with van der Waals surface area (Å²) in [5.41, 5.74) is 0. The molecule has 1 aliphatic heterocycles. The van der Waals surface area contributed by atoms with Gasteiger partial charge in [-0.05, 0) is 30.2 Å². The number of ether oxygens (including phenoxy) is 1. The molecule has 1 aliphatic carbocycles. The van der Waals surface area contributed by atoms with E-state index in [9.17, 15) is 9.90 Å². The van der Waals surface area contributed by atoms with Crippen molar-refractivity contribution in [1.29, 1.82) is 0 Å². The van der Waals surface area contributed by atoms with E-state index >= 15 is 0 Å². The van der Waals surface area contributed by atoms with E-state index in [0.717, 1.165) is 11.3 Å². The molecule has 3 rings (SSSR count). The Kier molecular flexibility index (Phi) is 5.56. The van der Waals surface area contributed by atoms with Crippen LogP contribution in [0.3, 0.4) is 0 Å². The van der Waals surface area contributed by atoms with Crippen LogP contribution in [0.5, 0.6) is 0 Å². The van der Waals surface area contributed by atoms with Crippen LogP contribution >= 0.6 is 11.3 Å². The summed E-state index contributed by atoms with van der Waals surface area (Å²) in [5.74, 6) is 0.653. The van der Waals surface area contributed by atoms with Crippen LogP contribution in [-0.2, 0) is 4.74 Å². The van der Waals surface area contributed by atoms with Gasteiger partial charge in [-0.1, -0.05) is 19.4 Å². The molecule has 2 heterocycles. The van der Waals surface area contributed by atoms with Crippen molar-refractivity contribution in [3.63, 3.8) is 0 Å². The molecule has 2 amide bonds. The van der Waals surface area contributed by atoms with E-state index in [-0.39, 0.29) is 12.1 Å². The summed E-state index contributed by atoms with van der Waals surface area (Å²) in [4.78, 5) is 15.4. The number of morpholine rings is 1. The van der Waals surface area contributed by atoms with Crippen LogP contribution < -0.4 is 5.32 Å². The van der Waals surface area contributed by atoms with Gasteiger partial charge in [0, 0.05) is 23.9 Å². The molecule has 0 bridgehead atoms. The second-order valence-corrected chi connectivity index (χ2v) is 7.51. The summed E-state index contributed by atoms with van der Waals surface area (Å²) in [6.07, 6.45) is 3.45. The maximum absolute atomic E-state index is 12.6. The largest absolute Gasteiger partial charge is 0.387 e. The second kappa shape index (κ2) is 7.64. The Morgan fingerprint density at radius 3 is 3.22 bits per heavy atom. The van der Waals surface area contributed by atoms with Gasteiger partial charge in [0.25, 0.3) is 0 Å². The van der Waals surface area contributed by atoms with E-state index in [1.54, 1.807) is 11.3 Å². The summed E-state index contributed by atoms with van der Waals surface area (Å²) >= 11 is 1.55. The van der Waals surface area contributed by atoms with Crippen LogP contribution in [0, 0.1) is 5.92 Å². The monoisotopic (exact) mass is 338 g/mol. The first kappa shape index (κ1) is 16.7. The molecule has 6 heteroatoms. The molecule has 128 valence electrons. The highest BCUT2D eigenvalue weighted by Gasteiger charge is 2.39. The Balaban J connectivity index is 1.54. The van der Waals surface area contributed by atoms with Gasteiger partial charge in [-0.3, -0.25) is 0 Å². The number of carbonyl (C=O) groups excluding carboxylic acids is 1. The van der Waals surface area contributed by atoms with Crippen molar-refractivity contribution >= 4 is 17.4 Å². The van der Waals surface area contributed by atoms with Crippen LogP contribution in [0.15, 0.2) is 17.5 Å². The first-order valence-corrected chi connectivity index (χ1v) is 9.43. The lowest BCUT2D eigenvalue weighted by molar-refractivity contribution is -0.00660. The van der Waals surface area contributed by atoms with Gasteiger partial charge < -0.3 is 20.1 Å². The Labute approximate surface area is 141 Å². The summed E-state index contributed by atoms with van der Waals surface area (Å²) in [5, 5.41) is 15.5. The molecule has 1 aromatic heterocycles. The fourth-order valence-corrected chi connectivity index (χ4v) is 4.05. The predicted octanol–water partition coefficient (Wildman–Crippen LogP) is 2.77. The molecule has 23 heavy (non-hydrogen) atoms. The minimum absolute atomic E-state index is 0.000262. The number of nitrogens with one attached hydrogen (secondary N) is 1. The van der Waals surface area contributed by atoms with E-state index in [1.807, 2.05) is 22.4 Å². The number of hydrogen-bond acceptors (Lipinski definition) is 4. The van der Waals surface area contributed by atoms with E-state index < -0.39 is 6.10 Å². The highest BCUT2D eigenvalue weighted by molar-refractivity contribution is 7.10. The van der Waals surface area contributed by atoms with Crippen molar-refractivity contribution in [2.45, 2.75) is 50.8 Å². The molecular weight excluding hydrogens is 312 g/mol. The molecule has 0 spiro atoms. The Morgan fingerprint density at radius 1 is 1.61 bits per heavy atom. The van der Waals surface area contributed by atoms with Crippen LogP contribution in [0.4, 0.5) is 4.79 Å². The van der Waals surface area contributed by atoms with Crippen molar-refractivity contribution in [1.82, 2.24) is 10.2 Å². The van der Waals surface area contributed by atoms with Crippen molar-refractivity contribution in [3.05, 3.63) is 22.4 Å². The van der Waals surface area contributed by atoms with Crippen LogP contribution in [0.2, 0.25) is 0 Å². The fourth-order valence-electron chi connectivity index (χ4n) is 3.33. The van der Waals surface area contributed by atoms with Crippen molar-refractivity contribution in [3.8, 4) is 0 Å². The maximum Gasteiger partial charge on any atom is 0.318 e. The first-order chi connectivity index (χ1) is 11.2. The smallest absolute Gasteiger partial charge is 0.318 e. The Hall–Kier alpha value is -1.11. The third-order valence-corrected chi connectivity index (χ3v) is 5.72. The van der Waals surface area contributed by atoms with Crippen molar-refractivity contribution < 1.29 is 14.6 Å². The zero-order chi connectivity index (χ0) is 16.2. The van der Waals surface area contributed by atoms with Crippen LogP contribution in [0.1, 0.15) is 43.6 Å². The second-order valence-electron chi connectivity index (χ2n) is 6.53. The zero-order valence-electron chi connectivity index (χ0n) is 13.6. The third-order valence-electron chi connectivity index (χ3n) is 4.75. The van der Waals surface area contributed by atoms with Crippen molar-refractivity contribution in [2.24, 2.45) is 5.92 Å². The van der Waals surface area contributed by atoms with Gasteiger partial charge in [0.05, 0.1) is 25.4 Å². The minimum atomic E-state index is -0.536. The summed E-state index contributed by atoms with van der Waals surface area (Å²) < 4.78 is 5.53. The van der Waals surface area contributed by atoms with Crippen molar-refractivity contribution in [2.75, 3.05) is 19.8 Å². The van der Waals surface area contributed by atoms with Crippen LogP contribution in [-0.4, -0.2) is 47.9 Å². The lowest BCUT2D eigenvalue weighted by Crippen LogP contribution is -2.53. The van der Waals surface area contributed by atoms with Gasteiger partial charge >= 0.3 is 6.03 Å². The average molecular weight is 338 g/mol. The number of aliphatic hydroxyl groups is 1. The standard InChI is InChI=1S/C17H26N2O3S/c1-2-4-12-9-14(12)18-17(21)19-6-7-22-11-13(19)10-15(20)16-5-3-8-23-16/h3,5,8,12-15,20H,2,4,6-7,9-11H2,1H3,(H,18,21). The number of hydrogen-bond donors (Lipinski definition) is 2. The topological polar surface area (TPSA) is 61.8 Å². The molecule has 5 nitrogen and oxygen atoms in total. The number of nitrogens with zero attached hydrogens (tertiary/aromatic N) is 1.